The molecule has 0 fully saturated rings. The van der Waals surface area contributed by atoms with Crippen molar-refractivity contribution >= 4 is 17.5 Å². The Hall–Kier alpha value is -1.06. The van der Waals surface area contributed by atoms with Crippen LogP contribution in [0.25, 0.3) is 0 Å². The highest BCUT2D eigenvalue weighted by atomic mass is 35.5. The molecular weight excluding hydrogens is 212 g/mol. The van der Waals surface area contributed by atoms with Gasteiger partial charge in [0.1, 0.15) is 0 Å². The van der Waals surface area contributed by atoms with Crippen LogP contribution in [0.3, 0.4) is 0 Å². The molecule has 1 aromatic rings. The van der Waals surface area contributed by atoms with E-state index in [9.17, 15) is 4.79 Å². The van der Waals surface area contributed by atoms with E-state index in [0.717, 1.165) is 5.56 Å². The maximum Gasteiger partial charge on any atom is 0.253 e. The molecule has 0 aliphatic rings. The lowest BCUT2D eigenvalue weighted by Crippen LogP contribution is -2.31. The molecule has 0 atom stereocenters. The Morgan fingerprint density at radius 3 is 2.67 bits per heavy atom. The molecule has 0 aliphatic heterocycles. The highest BCUT2D eigenvalue weighted by Crippen LogP contribution is 2.15. The van der Waals surface area contributed by atoms with Gasteiger partial charge in [0, 0.05) is 30.7 Å². The van der Waals surface area contributed by atoms with E-state index in [4.69, 9.17) is 17.3 Å². The van der Waals surface area contributed by atoms with Gasteiger partial charge in [0.25, 0.3) is 5.91 Å². The molecule has 0 aromatic heterocycles. The van der Waals surface area contributed by atoms with E-state index in [1.165, 1.54) is 0 Å². The largest absolute Gasteiger partial charge is 0.340 e. The van der Waals surface area contributed by atoms with Crippen molar-refractivity contribution < 1.29 is 4.79 Å². The molecular formula is C11H15ClN2O. The number of hydrogen-bond acceptors (Lipinski definition) is 2. The second-order valence-corrected chi connectivity index (χ2v) is 3.97. The van der Waals surface area contributed by atoms with E-state index in [-0.39, 0.29) is 5.91 Å². The van der Waals surface area contributed by atoms with Crippen LogP contribution in [0.1, 0.15) is 15.9 Å². The smallest absolute Gasteiger partial charge is 0.253 e. The molecule has 15 heavy (non-hydrogen) atoms. The number of carbonyl (C=O) groups excluding carboxylic acids is 1. The summed E-state index contributed by atoms with van der Waals surface area (Å²) >= 11 is 5.88. The van der Waals surface area contributed by atoms with Crippen LogP contribution in [-0.4, -0.2) is 30.9 Å². The molecule has 0 saturated heterocycles. The number of aryl methyl sites for hydroxylation is 1. The van der Waals surface area contributed by atoms with Gasteiger partial charge >= 0.3 is 0 Å². The second kappa shape index (κ2) is 5.14. The number of nitrogens with zero attached hydrogens (tertiary/aromatic N) is 1. The summed E-state index contributed by atoms with van der Waals surface area (Å²) in [7, 11) is 1.73. The van der Waals surface area contributed by atoms with Gasteiger partial charge in [-0.15, -0.1) is 0 Å². The lowest BCUT2D eigenvalue weighted by atomic mass is 10.1. The topological polar surface area (TPSA) is 46.3 Å². The number of rotatable bonds is 3. The Morgan fingerprint density at radius 2 is 2.13 bits per heavy atom. The number of likely N-dealkylation sites (N-methyl/N-ethyl adjacent to an activating group) is 1. The molecule has 1 aromatic carbocycles. The number of amides is 1. The van der Waals surface area contributed by atoms with Crippen LogP contribution < -0.4 is 5.73 Å². The maximum absolute atomic E-state index is 11.9. The normalized spacial score (nSPS) is 10.1. The number of benzene rings is 1. The van der Waals surface area contributed by atoms with Gasteiger partial charge in [0.05, 0.1) is 0 Å². The number of carbonyl (C=O) groups is 1. The van der Waals surface area contributed by atoms with Gasteiger partial charge in [-0.25, -0.2) is 0 Å². The van der Waals surface area contributed by atoms with Crippen LogP contribution in [0.4, 0.5) is 0 Å². The summed E-state index contributed by atoms with van der Waals surface area (Å²) in [5.74, 6) is -0.0500. The van der Waals surface area contributed by atoms with Gasteiger partial charge in [-0.3, -0.25) is 4.79 Å². The molecule has 0 bridgehead atoms. The summed E-state index contributed by atoms with van der Waals surface area (Å²) in [4.78, 5) is 13.4. The molecule has 0 heterocycles. The van der Waals surface area contributed by atoms with Gasteiger partial charge in [-0.1, -0.05) is 11.6 Å². The second-order valence-electron chi connectivity index (χ2n) is 3.53. The van der Waals surface area contributed by atoms with Crippen LogP contribution in [0.5, 0.6) is 0 Å². The van der Waals surface area contributed by atoms with Crippen molar-refractivity contribution in [3.63, 3.8) is 0 Å². The minimum absolute atomic E-state index is 0.0500. The van der Waals surface area contributed by atoms with E-state index in [2.05, 4.69) is 0 Å². The van der Waals surface area contributed by atoms with Crippen LogP contribution >= 0.6 is 11.6 Å². The summed E-state index contributed by atoms with van der Waals surface area (Å²) in [5.41, 5.74) is 6.97. The first-order valence-corrected chi connectivity index (χ1v) is 5.15. The van der Waals surface area contributed by atoms with Crippen LogP contribution in [0, 0.1) is 6.92 Å². The summed E-state index contributed by atoms with van der Waals surface area (Å²) in [5, 5.41) is 0.583. The van der Waals surface area contributed by atoms with Gasteiger partial charge in [-0.05, 0) is 30.7 Å². The summed E-state index contributed by atoms with van der Waals surface area (Å²) in [6, 6.07) is 5.31. The van der Waals surface area contributed by atoms with Gasteiger partial charge < -0.3 is 10.6 Å². The lowest BCUT2D eigenvalue weighted by molar-refractivity contribution is 0.0799. The molecule has 1 rings (SSSR count). The summed E-state index contributed by atoms with van der Waals surface area (Å²) in [6.07, 6.45) is 0. The van der Waals surface area contributed by atoms with Crippen molar-refractivity contribution in [2.24, 2.45) is 5.73 Å². The van der Waals surface area contributed by atoms with Crippen molar-refractivity contribution in [2.45, 2.75) is 6.92 Å². The summed E-state index contributed by atoms with van der Waals surface area (Å²) in [6.45, 7) is 2.91. The Morgan fingerprint density at radius 1 is 1.47 bits per heavy atom. The predicted molar refractivity (Wildman–Crippen MR) is 62.2 cm³/mol. The first kappa shape index (κ1) is 12.0. The molecule has 3 nitrogen and oxygen atoms in total. The van der Waals surface area contributed by atoms with Crippen molar-refractivity contribution in [2.75, 3.05) is 20.1 Å². The fraction of sp³-hybridized carbons (Fsp3) is 0.364. The van der Waals surface area contributed by atoms with Crippen LogP contribution in [0.15, 0.2) is 18.2 Å². The van der Waals surface area contributed by atoms with E-state index < -0.39 is 0 Å². The molecule has 0 unspecified atom stereocenters. The van der Waals surface area contributed by atoms with Gasteiger partial charge in [0.15, 0.2) is 0 Å². The van der Waals surface area contributed by atoms with E-state index in [0.29, 0.717) is 23.7 Å². The third-order valence-corrected chi connectivity index (χ3v) is 2.32. The third-order valence-electron chi connectivity index (χ3n) is 2.10. The molecule has 1 amide bonds. The summed E-state index contributed by atoms with van der Waals surface area (Å²) < 4.78 is 0. The first-order valence-electron chi connectivity index (χ1n) is 4.77. The molecule has 0 saturated carbocycles. The van der Waals surface area contributed by atoms with E-state index in [1.54, 1.807) is 18.0 Å². The maximum atomic E-state index is 11.9. The van der Waals surface area contributed by atoms with Crippen molar-refractivity contribution in [1.82, 2.24) is 4.90 Å². The quantitative estimate of drug-likeness (QED) is 0.853. The minimum Gasteiger partial charge on any atom is -0.340 e. The molecule has 0 aliphatic carbocycles. The van der Waals surface area contributed by atoms with Crippen molar-refractivity contribution in [1.29, 1.82) is 0 Å². The zero-order valence-electron chi connectivity index (χ0n) is 8.96. The van der Waals surface area contributed by atoms with Gasteiger partial charge in [0.2, 0.25) is 0 Å². The Balaban J connectivity index is 2.90. The van der Waals surface area contributed by atoms with E-state index in [1.807, 2.05) is 19.1 Å². The average molecular weight is 227 g/mol. The fourth-order valence-electron chi connectivity index (χ4n) is 1.38. The molecule has 0 spiro atoms. The number of halogens is 1. The highest BCUT2D eigenvalue weighted by molar-refractivity contribution is 6.31. The van der Waals surface area contributed by atoms with Gasteiger partial charge in [-0.2, -0.15) is 0 Å². The molecule has 82 valence electrons. The average Bonchev–Trinajstić information content (AvgIpc) is 2.15. The SMILES string of the molecule is Cc1cc(Cl)cc(C(=O)N(C)CCN)c1. The first-order chi connectivity index (χ1) is 7.04. The number of nitrogens with two attached hydrogens (primary N) is 1. The molecule has 0 radical (unpaired) electrons. The highest BCUT2D eigenvalue weighted by Gasteiger charge is 2.11. The van der Waals surface area contributed by atoms with Crippen molar-refractivity contribution in [3.05, 3.63) is 34.3 Å². The van der Waals surface area contributed by atoms with Crippen molar-refractivity contribution in [3.8, 4) is 0 Å². The van der Waals surface area contributed by atoms with Crippen LogP contribution in [0.2, 0.25) is 5.02 Å². The molecule has 2 N–H and O–H groups in total. The fourth-order valence-corrected chi connectivity index (χ4v) is 1.67. The Kier molecular flexibility index (Phi) is 4.12. The standard InChI is InChI=1S/C11H15ClN2O/c1-8-5-9(7-10(12)6-8)11(15)14(2)4-3-13/h5-7H,3-4,13H2,1-2H3. The zero-order valence-corrected chi connectivity index (χ0v) is 9.71. The zero-order chi connectivity index (χ0) is 11.4. The lowest BCUT2D eigenvalue weighted by Gasteiger charge is -2.16. The molecule has 4 heteroatoms. The Labute approximate surface area is 94.8 Å². The number of hydrogen-bond donors (Lipinski definition) is 1. The minimum atomic E-state index is -0.0500. The monoisotopic (exact) mass is 226 g/mol. The Bertz CT molecular complexity index is 345. The van der Waals surface area contributed by atoms with E-state index >= 15 is 0 Å². The van der Waals surface area contributed by atoms with Crippen LogP contribution in [-0.2, 0) is 0 Å². The predicted octanol–water partition coefficient (Wildman–Crippen LogP) is 1.68. The third kappa shape index (κ3) is 3.22.